The Morgan fingerprint density at radius 1 is 0.491 bits per heavy atom. The molecule has 0 unspecified atom stereocenters. The lowest BCUT2D eigenvalue weighted by Crippen LogP contribution is -2.17. The van der Waals surface area contributed by atoms with Gasteiger partial charge in [0.15, 0.2) is 0 Å². The van der Waals surface area contributed by atoms with Crippen LogP contribution in [0.25, 0.3) is 66.1 Å². The average molecular weight is 685 g/mol. The summed E-state index contributed by atoms with van der Waals surface area (Å²) in [6.45, 7) is 9.48. The van der Waals surface area contributed by atoms with Crippen LogP contribution >= 0.6 is 0 Å². The van der Waals surface area contributed by atoms with Crippen molar-refractivity contribution >= 4 is 43.6 Å². The third-order valence-corrected chi connectivity index (χ3v) is 12.0. The Morgan fingerprint density at radius 3 is 1.47 bits per heavy atom. The topological polar surface area (TPSA) is 9.86 Å². The Balaban J connectivity index is 1.27. The average Bonchev–Trinajstić information content (AvgIpc) is 3.83. The van der Waals surface area contributed by atoms with E-state index >= 15 is 0 Å². The number of rotatable bonds is 7. The molecule has 10 rings (SSSR count). The molecule has 0 fully saturated rings. The van der Waals surface area contributed by atoms with E-state index in [1.165, 1.54) is 101 Å². The highest BCUT2D eigenvalue weighted by molar-refractivity contribution is 6.10. The van der Waals surface area contributed by atoms with Gasteiger partial charge in [-0.1, -0.05) is 143 Å². The third-order valence-electron chi connectivity index (χ3n) is 12.0. The van der Waals surface area contributed by atoms with Crippen LogP contribution in [-0.2, 0) is 5.41 Å². The van der Waals surface area contributed by atoms with Crippen molar-refractivity contribution in [1.82, 2.24) is 9.13 Å². The van der Waals surface area contributed by atoms with Gasteiger partial charge in [-0.3, -0.25) is 0 Å². The van der Waals surface area contributed by atoms with Gasteiger partial charge in [-0.15, -0.1) is 0 Å². The fourth-order valence-corrected chi connectivity index (χ4v) is 9.22. The largest absolute Gasteiger partial charge is 0.309 e. The van der Waals surface area contributed by atoms with E-state index < -0.39 is 0 Å². The molecule has 2 heterocycles. The Morgan fingerprint density at radius 2 is 0.943 bits per heavy atom. The third kappa shape index (κ3) is 5.00. The van der Waals surface area contributed by atoms with Gasteiger partial charge >= 0.3 is 0 Å². The van der Waals surface area contributed by atoms with Crippen molar-refractivity contribution in [2.75, 3.05) is 0 Å². The van der Waals surface area contributed by atoms with Gasteiger partial charge in [0.1, 0.15) is 0 Å². The van der Waals surface area contributed by atoms with Gasteiger partial charge in [-0.05, 0) is 99.7 Å². The number of fused-ring (bicyclic) bond motifs is 9. The van der Waals surface area contributed by atoms with E-state index in [9.17, 15) is 0 Å². The second kappa shape index (κ2) is 12.1. The van der Waals surface area contributed by atoms with Crippen LogP contribution in [-0.4, -0.2) is 9.13 Å². The molecule has 0 radical (unpaired) electrons. The van der Waals surface area contributed by atoms with Crippen molar-refractivity contribution in [1.29, 1.82) is 0 Å². The van der Waals surface area contributed by atoms with Crippen LogP contribution < -0.4 is 0 Å². The molecule has 2 nitrogen and oxygen atoms in total. The smallest absolute Gasteiger partial charge is 0.0541 e. The normalized spacial score (nSPS) is 13.2. The number of aromatic nitrogens is 2. The van der Waals surface area contributed by atoms with E-state index in [0.717, 1.165) is 0 Å². The molecule has 0 saturated heterocycles. The van der Waals surface area contributed by atoms with E-state index in [1.807, 2.05) is 0 Å². The zero-order valence-corrected chi connectivity index (χ0v) is 31.0. The summed E-state index contributed by atoms with van der Waals surface area (Å²) < 4.78 is 5.00. The highest BCUT2D eigenvalue weighted by Gasteiger charge is 2.31. The minimum absolute atomic E-state index is 0.0918. The van der Waals surface area contributed by atoms with Crippen LogP contribution in [0.4, 0.5) is 0 Å². The summed E-state index contributed by atoms with van der Waals surface area (Å²) in [6, 6.07) is 59.3. The molecule has 2 aromatic heterocycles. The molecular weight excluding hydrogens is 641 g/mol. The molecule has 0 spiro atoms. The van der Waals surface area contributed by atoms with Gasteiger partial charge < -0.3 is 9.13 Å². The molecule has 0 saturated carbocycles. The van der Waals surface area contributed by atoms with Gasteiger partial charge in [0, 0.05) is 38.8 Å². The van der Waals surface area contributed by atoms with Gasteiger partial charge in [-0.25, -0.2) is 0 Å². The fourth-order valence-electron chi connectivity index (χ4n) is 9.22. The molecule has 53 heavy (non-hydrogen) atoms. The highest BCUT2D eigenvalue weighted by atomic mass is 15.0. The van der Waals surface area contributed by atoms with Gasteiger partial charge in [-0.2, -0.15) is 0 Å². The minimum Gasteiger partial charge on any atom is -0.309 e. The summed E-state index contributed by atoms with van der Waals surface area (Å²) in [5.74, 6) is 0.811. The maximum atomic E-state index is 2.52. The highest BCUT2D eigenvalue weighted by Crippen LogP contribution is 2.49. The molecule has 0 atom stereocenters. The van der Waals surface area contributed by atoms with Crippen molar-refractivity contribution in [3.8, 4) is 22.5 Å². The standard InChI is InChI=1S/C51H44N2/c1-33(2)27-28-51(3,4)35-25-26-49-45(31-35)42-19-11-14-24-48(42)53(49)37-30-34(50-43-20-7-5-15-38(43)39-16-6-8-21-44(39)50)29-36(32-37)52-46-22-12-9-17-40(46)41-18-10-13-23-47(41)52/h5-26,29-33,50H,27-28H2,1-4H3. The van der Waals surface area contributed by atoms with Gasteiger partial charge in [0.05, 0.1) is 22.1 Å². The summed E-state index contributed by atoms with van der Waals surface area (Å²) in [4.78, 5) is 0. The molecule has 0 N–H and O–H groups in total. The maximum absolute atomic E-state index is 2.52. The molecule has 0 aliphatic heterocycles. The number of nitrogens with zero attached hydrogens (tertiary/aromatic N) is 2. The Kier molecular flexibility index (Phi) is 7.27. The Hall–Kier alpha value is -5.86. The molecule has 0 bridgehead atoms. The molecular formula is C51H44N2. The lowest BCUT2D eigenvalue weighted by atomic mass is 9.78. The fraction of sp³-hybridized carbons (Fsp3) is 0.176. The molecule has 258 valence electrons. The first kappa shape index (κ1) is 31.8. The van der Waals surface area contributed by atoms with Crippen molar-refractivity contribution in [3.05, 3.63) is 180 Å². The molecule has 7 aromatic carbocycles. The van der Waals surface area contributed by atoms with E-state index in [2.05, 4.69) is 195 Å². The molecule has 0 amide bonds. The lowest BCUT2D eigenvalue weighted by molar-refractivity contribution is 0.415. The number of hydrogen-bond acceptors (Lipinski definition) is 0. The van der Waals surface area contributed by atoms with Crippen LogP contribution in [0.1, 0.15) is 68.7 Å². The van der Waals surface area contributed by atoms with Crippen LogP contribution in [0.3, 0.4) is 0 Å². The first-order valence-electron chi connectivity index (χ1n) is 19.2. The predicted octanol–water partition coefficient (Wildman–Crippen LogP) is 13.8. The summed E-state index contributed by atoms with van der Waals surface area (Å²) in [7, 11) is 0. The number of para-hydroxylation sites is 3. The maximum Gasteiger partial charge on any atom is 0.0541 e. The Bertz CT molecular complexity index is 2760. The molecule has 1 aliphatic rings. The minimum atomic E-state index is 0.0918. The number of benzene rings is 7. The molecule has 1 aliphatic carbocycles. The molecule has 9 aromatic rings. The zero-order valence-electron chi connectivity index (χ0n) is 31.0. The second-order valence-electron chi connectivity index (χ2n) is 16.2. The van der Waals surface area contributed by atoms with Crippen LogP contribution in [0.5, 0.6) is 0 Å². The summed E-state index contributed by atoms with van der Waals surface area (Å²) in [6.07, 6.45) is 2.39. The van der Waals surface area contributed by atoms with Crippen molar-refractivity contribution in [2.45, 2.75) is 51.9 Å². The van der Waals surface area contributed by atoms with E-state index in [1.54, 1.807) is 0 Å². The van der Waals surface area contributed by atoms with Crippen LogP contribution in [0, 0.1) is 5.92 Å². The van der Waals surface area contributed by atoms with Crippen LogP contribution in [0.2, 0.25) is 0 Å². The van der Waals surface area contributed by atoms with Crippen molar-refractivity contribution < 1.29 is 0 Å². The second-order valence-corrected chi connectivity index (χ2v) is 16.2. The van der Waals surface area contributed by atoms with Crippen molar-refractivity contribution in [3.63, 3.8) is 0 Å². The predicted molar refractivity (Wildman–Crippen MR) is 225 cm³/mol. The van der Waals surface area contributed by atoms with E-state index in [4.69, 9.17) is 0 Å². The van der Waals surface area contributed by atoms with Gasteiger partial charge in [0.2, 0.25) is 0 Å². The summed E-state index contributed by atoms with van der Waals surface area (Å²) in [5, 5.41) is 5.16. The van der Waals surface area contributed by atoms with E-state index in [-0.39, 0.29) is 11.3 Å². The SMILES string of the molecule is CC(C)CCC(C)(C)c1ccc2c(c1)c1ccccc1n2-c1cc(C2c3ccccc3-c3ccccc32)cc(-n2c3ccccc3c3ccccc32)c1. The van der Waals surface area contributed by atoms with Crippen LogP contribution in [0.15, 0.2) is 158 Å². The first-order valence-corrected chi connectivity index (χ1v) is 19.2. The summed E-state index contributed by atoms with van der Waals surface area (Å²) >= 11 is 0. The Labute approximate surface area is 312 Å². The number of hydrogen-bond donors (Lipinski definition) is 0. The monoisotopic (exact) mass is 684 g/mol. The van der Waals surface area contributed by atoms with Gasteiger partial charge in [0.25, 0.3) is 0 Å². The zero-order chi connectivity index (χ0) is 35.8. The lowest BCUT2D eigenvalue weighted by Gasteiger charge is -2.26. The summed E-state index contributed by atoms with van der Waals surface area (Å²) in [5.41, 5.74) is 15.5. The van der Waals surface area contributed by atoms with Crippen molar-refractivity contribution in [2.24, 2.45) is 5.92 Å². The van der Waals surface area contributed by atoms with E-state index in [0.29, 0.717) is 5.92 Å². The quantitative estimate of drug-likeness (QED) is 0.158. The first-order chi connectivity index (χ1) is 25.9. The molecule has 2 heteroatoms.